The highest BCUT2D eigenvalue weighted by atomic mass is 17.2. The molecule has 5 heteroatoms. The van der Waals surface area contributed by atoms with Gasteiger partial charge in [-0.1, -0.05) is 30.3 Å². The smallest absolute Gasteiger partial charge is 0.423 e. The fourth-order valence-electron chi connectivity index (χ4n) is 0.920. The fourth-order valence-corrected chi connectivity index (χ4v) is 0.920. The Kier molecular flexibility index (Phi) is 5.25. The van der Waals surface area contributed by atoms with Gasteiger partial charge in [-0.3, -0.25) is 0 Å². The Morgan fingerprint density at radius 3 is 1.86 bits per heavy atom. The molecule has 2 rings (SSSR count). The third kappa shape index (κ3) is 4.39. The van der Waals surface area contributed by atoms with Crippen molar-refractivity contribution >= 4 is 12.6 Å². The van der Waals surface area contributed by atoms with E-state index >= 15 is 0 Å². The summed E-state index contributed by atoms with van der Waals surface area (Å²) in [6.45, 7) is 1.56. The second-order valence-corrected chi connectivity index (χ2v) is 2.78. The Labute approximate surface area is 83.2 Å². The lowest BCUT2D eigenvalue weighted by atomic mass is 9.81. The summed E-state index contributed by atoms with van der Waals surface area (Å²) in [6, 6.07) is 8.66. The predicted octanol–water partition coefficient (Wildman–Crippen LogP) is -0.295. The van der Waals surface area contributed by atoms with Crippen LogP contribution >= 0.6 is 0 Å². The Morgan fingerprint density at radius 2 is 1.57 bits per heavy atom. The van der Waals surface area contributed by atoms with Crippen LogP contribution < -0.4 is 5.46 Å². The maximum Gasteiger partial charge on any atom is 0.488 e. The molecule has 0 spiro atoms. The van der Waals surface area contributed by atoms with Crippen molar-refractivity contribution in [3.05, 3.63) is 30.3 Å². The number of hydrogen-bond acceptors (Lipinski definition) is 4. The van der Waals surface area contributed by atoms with Crippen LogP contribution in [0, 0.1) is 0 Å². The summed E-state index contributed by atoms with van der Waals surface area (Å²) in [4.78, 5) is 8.89. The van der Waals surface area contributed by atoms with E-state index in [0.717, 1.165) is 19.6 Å². The van der Waals surface area contributed by atoms with E-state index in [1.807, 2.05) is 6.07 Å². The fraction of sp³-hybridized carbons (Fsp3) is 0.333. The van der Waals surface area contributed by atoms with Crippen LogP contribution in [-0.4, -0.2) is 30.4 Å². The summed E-state index contributed by atoms with van der Waals surface area (Å²) in [5, 5.41) is 17.2. The van der Waals surface area contributed by atoms with Gasteiger partial charge >= 0.3 is 7.12 Å². The van der Waals surface area contributed by atoms with Crippen molar-refractivity contribution in [3.8, 4) is 0 Å². The molecular weight excluding hydrogens is 183 g/mol. The molecule has 1 aromatic rings. The Bertz CT molecular complexity index is 228. The highest BCUT2D eigenvalue weighted by Gasteiger charge is 2.07. The molecule has 1 aliphatic heterocycles. The molecule has 1 fully saturated rings. The molecule has 0 aliphatic carbocycles. The molecular formula is C9H13BO4. The molecule has 14 heavy (non-hydrogen) atoms. The average Bonchev–Trinajstić information content (AvgIpc) is 2.77. The summed E-state index contributed by atoms with van der Waals surface area (Å²) in [7, 11) is -1.34. The van der Waals surface area contributed by atoms with Gasteiger partial charge in [0.05, 0.1) is 13.2 Å². The quantitative estimate of drug-likeness (QED) is 0.478. The van der Waals surface area contributed by atoms with Crippen LogP contribution in [0.25, 0.3) is 0 Å². The van der Waals surface area contributed by atoms with Crippen molar-refractivity contribution in [1.29, 1.82) is 0 Å². The van der Waals surface area contributed by atoms with Gasteiger partial charge < -0.3 is 10.0 Å². The predicted molar refractivity (Wildman–Crippen MR) is 52.8 cm³/mol. The van der Waals surface area contributed by atoms with Gasteiger partial charge in [-0.25, -0.2) is 9.78 Å². The van der Waals surface area contributed by atoms with Crippen LogP contribution in [0.5, 0.6) is 0 Å². The summed E-state index contributed by atoms with van der Waals surface area (Å²) in [5.74, 6) is 0. The molecule has 0 saturated carbocycles. The van der Waals surface area contributed by atoms with Crippen LogP contribution in [-0.2, 0) is 9.78 Å². The van der Waals surface area contributed by atoms with E-state index in [9.17, 15) is 0 Å². The van der Waals surface area contributed by atoms with Crippen molar-refractivity contribution in [2.24, 2.45) is 0 Å². The van der Waals surface area contributed by atoms with Crippen LogP contribution in [0.3, 0.4) is 0 Å². The summed E-state index contributed by atoms with van der Waals surface area (Å²) in [6.07, 6.45) is 1.06. The molecule has 1 aliphatic rings. The molecule has 4 nitrogen and oxygen atoms in total. The molecule has 1 aromatic carbocycles. The van der Waals surface area contributed by atoms with E-state index < -0.39 is 7.12 Å². The molecule has 0 atom stereocenters. The average molecular weight is 196 g/mol. The molecule has 0 amide bonds. The molecule has 76 valence electrons. The number of hydrogen-bond donors (Lipinski definition) is 2. The minimum absolute atomic E-state index is 0.525. The Balaban J connectivity index is 0.000000165. The van der Waals surface area contributed by atoms with Gasteiger partial charge in [0, 0.05) is 6.42 Å². The summed E-state index contributed by atoms with van der Waals surface area (Å²) >= 11 is 0. The standard InChI is InChI=1S/C6H7BO2.C3H6O2/c8-7(9)6-4-2-1-3-5-6;1-2-4-5-3-1/h1-5,8-9H;1-3H2. The lowest BCUT2D eigenvalue weighted by Gasteiger charge is -1.94. The SMILES string of the molecule is C1COOC1.OB(O)c1ccccc1. The van der Waals surface area contributed by atoms with E-state index in [-0.39, 0.29) is 0 Å². The molecule has 0 bridgehead atoms. The number of benzene rings is 1. The topological polar surface area (TPSA) is 58.9 Å². The van der Waals surface area contributed by atoms with E-state index in [0.29, 0.717) is 5.46 Å². The van der Waals surface area contributed by atoms with Crippen LogP contribution in [0.1, 0.15) is 6.42 Å². The molecule has 1 saturated heterocycles. The van der Waals surface area contributed by atoms with Crippen molar-refractivity contribution in [2.45, 2.75) is 6.42 Å². The summed E-state index contributed by atoms with van der Waals surface area (Å²) in [5.41, 5.74) is 0.525. The van der Waals surface area contributed by atoms with Crippen molar-refractivity contribution in [2.75, 3.05) is 13.2 Å². The van der Waals surface area contributed by atoms with Crippen molar-refractivity contribution < 1.29 is 19.8 Å². The first-order chi connectivity index (χ1) is 6.80. The highest BCUT2D eigenvalue weighted by molar-refractivity contribution is 6.58. The molecule has 0 unspecified atom stereocenters. The van der Waals surface area contributed by atoms with Gasteiger partial charge in [0.1, 0.15) is 0 Å². The Hall–Kier alpha value is -0.875. The van der Waals surface area contributed by atoms with Gasteiger partial charge in [-0.05, 0) is 5.46 Å². The number of rotatable bonds is 1. The third-order valence-electron chi connectivity index (χ3n) is 1.64. The molecule has 0 radical (unpaired) electrons. The zero-order chi connectivity index (χ0) is 10.2. The van der Waals surface area contributed by atoms with Gasteiger partial charge in [0.25, 0.3) is 0 Å². The summed E-state index contributed by atoms with van der Waals surface area (Å²) < 4.78 is 0. The Morgan fingerprint density at radius 1 is 1.00 bits per heavy atom. The van der Waals surface area contributed by atoms with Gasteiger partial charge in [0.15, 0.2) is 0 Å². The van der Waals surface area contributed by atoms with E-state index in [1.165, 1.54) is 0 Å². The first kappa shape index (κ1) is 11.2. The monoisotopic (exact) mass is 196 g/mol. The van der Waals surface area contributed by atoms with E-state index in [2.05, 4.69) is 9.78 Å². The molecule has 0 aromatic heterocycles. The van der Waals surface area contributed by atoms with Gasteiger partial charge in [-0.2, -0.15) is 0 Å². The normalized spacial score (nSPS) is 14.4. The van der Waals surface area contributed by atoms with Crippen molar-refractivity contribution in [1.82, 2.24) is 0 Å². The molecule has 2 N–H and O–H groups in total. The zero-order valence-corrected chi connectivity index (χ0v) is 7.80. The molecule has 1 heterocycles. The second kappa shape index (κ2) is 6.56. The minimum Gasteiger partial charge on any atom is -0.423 e. The third-order valence-corrected chi connectivity index (χ3v) is 1.64. The van der Waals surface area contributed by atoms with Crippen LogP contribution in [0.15, 0.2) is 30.3 Å². The maximum atomic E-state index is 8.58. The van der Waals surface area contributed by atoms with Crippen LogP contribution in [0.4, 0.5) is 0 Å². The lowest BCUT2D eigenvalue weighted by molar-refractivity contribution is -0.248. The largest absolute Gasteiger partial charge is 0.488 e. The first-order valence-corrected chi connectivity index (χ1v) is 4.46. The van der Waals surface area contributed by atoms with Crippen molar-refractivity contribution in [3.63, 3.8) is 0 Å². The van der Waals surface area contributed by atoms with E-state index in [4.69, 9.17) is 10.0 Å². The van der Waals surface area contributed by atoms with Gasteiger partial charge in [-0.15, -0.1) is 0 Å². The first-order valence-electron chi connectivity index (χ1n) is 4.46. The lowest BCUT2D eigenvalue weighted by Crippen LogP contribution is -2.29. The second-order valence-electron chi connectivity index (χ2n) is 2.78. The maximum absolute atomic E-state index is 8.58. The highest BCUT2D eigenvalue weighted by Crippen LogP contribution is 1.93. The van der Waals surface area contributed by atoms with E-state index in [1.54, 1.807) is 24.3 Å². The zero-order valence-electron chi connectivity index (χ0n) is 7.80. The van der Waals surface area contributed by atoms with Gasteiger partial charge in [0.2, 0.25) is 0 Å². The van der Waals surface area contributed by atoms with Crippen LogP contribution in [0.2, 0.25) is 0 Å². The minimum atomic E-state index is -1.34.